The summed E-state index contributed by atoms with van der Waals surface area (Å²) in [5.41, 5.74) is 1.03. The molecular weight excluding hydrogens is 166 g/mol. The number of aliphatic carboxylic acids is 1. The molecule has 4 N–H and O–H groups in total. The number of carbonyl (C=O) groups is 1. The van der Waals surface area contributed by atoms with E-state index in [2.05, 4.69) is 0 Å². The lowest BCUT2D eigenvalue weighted by Crippen LogP contribution is -1.89. The fraction of sp³-hybridized carbons (Fsp3) is 0.100. The standard InChI is InChI=1S/C10H10O2.H3N/c11-10(12)8-4-7-9-5-2-1-3-6-9;/h1-7H,8H2,(H,11,12);1H3. The van der Waals surface area contributed by atoms with Gasteiger partial charge >= 0.3 is 5.97 Å². The van der Waals surface area contributed by atoms with Crippen molar-refractivity contribution in [3.8, 4) is 0 Å². The van der Waals surface area contributed by atoms with Crippen molar-refractivity contribution in [2.45, 2.75) is 6.42 Å². The molecule has 0 heterocycles. The average molecular weight is 179 g/mol. The molecular formula is C10H13NO2. The van der Waals surface area contributed by atoms with Crippen molar-refractivity contribution in [2.75, 3.05) is 0 Å². The second kappa shape index (κ2) is 5.97. The summed E-state index contributed by atoms with van der Waals surface area (Å²) in [4.78, 5) is 10.1. The molecule has 0 saturated heterocycles. The van der Waals surface area contributed by atoms with Crippen LogP contribution in [0.25, 0.3) is 6.08 Å². The van der Waals surface area contributed by atoms with Gasteiger partial charge in [0.25, 0.3) is 0 Å². The molecule has 70 valence electrons. The number of carboxylic acid groups (broad SMARTS) is 1. The molecule has 1 rings (SSSR count). The minimum atomic E-state index is -0.804. The third-order valence-corrected chi connectivity index (χ3v) is 1.40. The minimum absolute atomic E-state index is 0. The molecule has 0 saturated carbocycles. The van der Waals surface area contributed by atoms with E-state index >= 15 is 0 Å². The molecule has 0 amide bonds. The van der Waals surface area contributed by atoms with Gasteiger partial charge in [-0.3, -0.25) is 4.79 Å². The van der Waals surface area contributed by atoms with Gasteiger partial charge in [0.05, 0.1) is 6.42 Å². The van der Waals surface area contributed by atoms with E-state index in [4.69, 9.17) is 5.11 Å². The van der Waals surface area contributed by atoms with Crippen molar-refractivity contribution >= 4 is 12.0 Å². The molecule has 0 spiro atoms. The first-order chi connectivity index (χ1) is 5.79. The Labute approximate surface area is 77.3 Å². The van der Waals surface area contributed by atoms with Crippen LogP contribution < -0.4 is 6.15 Å². The maximum Gasteiger partial charge on any atom is 0.307 e. The van der Waals surface area contributed by atoms with Crippen molar-refractivity contribution in [2.24, 2.45) is 0 Å². The highest BCUT2D eigenvalue weighted by Crippen LogP contribution is 2.01. The van der Waals surface area contributed by atoms with Gasteiger partial charge in [0, 0.05) is 0 Å². The predicted octanol–water partition coefficient (Wildman–Crippen LogP) is 2.34. The summed E-state index contributed by atoms with van der Waals surface area (Å²) in [5, 5.41) is 8.34. The van der Waals surface area contributed by atoms with Gasteiger partial charge in [-0.25, -0.2) is 0 Å². The monoisotopic (exact) mass is 179 g/mol. The maximum atomic E-state index is 10.1. The summed E-state index contributed by atoms with van der Waals surface area (Å²) in [5.74, 6) is -0.804. The van der Waals surface area contributed by atoms with Gasteiger partial charge in [0.15, 0.2) is 0 Å². The van der Waals surface area contributed by atoms with Crippen LogP contribution in [0.1, 0.15) is 12.0 Å². The average Bonchev–Trinajstić information content (AvgIpc) is 2.05. The lowest BCUT2D eigenvalue weighted by Gasteiger charge is -1.89. The van der Waals surface area contributed by atoms with Crippen LogP contribution in [0.15, 0.2) is 36.4 Å². The van der Waals surface area contributed by atoms with Crippen LogP contribution in [-0.2, 0) is 4.79 Å². The molecule has 3 nitrogen and oxygen atoms in total. The zero-order valence-corrected chi connectivity index (χ0v) is 7.31. The van der Waals surface area contributed by atoms with Gasteiger partial charge in [0.2, 0.25) is 0 Å². The van der Waals surface area contributed by atoms with E-state index in [1.54, 1.807) is 12.2 Å². The van der Waals surface area contributed by atoms with Crippen molar-refractivity contribution in [3.05, 3.63) is 42.0 Å². The van der Waals surface area contributed by atoms with E-state index in [0.717, 1.165) is 5.56 Å². The van der Waals surface area contributed by atoms with E-state index in [9.17, 15) is 4.79 Å². The Kier molecular flexibility index (Phi) is 5.23. The highest BCUT2D eigenvalue weighted by atomic mass is 16.4. The Morgan fingerprint density at radius 1 is 1.31 bits per heavy atom. The predicted molar refractivity (Wildman–Crippen MR) is 52.8 cm³/mol. The summed E-state index contributed by atoms with van der Waals surface area (Å²) in [6.45, 7) is 0. The first-order valence-electron chi connectivity index (χ1n) is 3.72. The quantitative estimate of drug-likeness (QED) is 0.747. The van der Waals surface area contributed by atoms with Crippen LogP contribution in [0.5, 0.6) is 0 Å². The van der Waals surface area contributed by atoms with Crippen LogP contribution in [0.3, 0.4) is 0 Å². The highest BCUT2D eigenvalue weighted by molar-refractivity contribution is 5.70. The number of hydrogen-bond acceptors (Lipinski definition) is 2. The smallest absolute Gasteiger partial charge is 0.307 e. The van der Waals surface area contributed by atoms with E-state index in [0.29, 0.717) is 0 Å². The second-order valence-electron chi connectivity index (χ2n) is 2.41. The van der Waals surface area contributed by atoms with Crippen LogP contribution in [0, 0.1) is 0 Å². The van der Waals surface area contributed by atoms with Crippen molar-refractivity contribution in [3.63, 3.8) is 0 Å². The molecule has 1 aromatic rings. The molecule has 0 bridgehead atoms. The molecule has 1 aromatic carbocycles. The Hall–Kier alpha value is -1.61. The van der Waals surface area contributed by atoms with Gasteiger partial charge < -0.3 is 11.3 Å². The lowest BCUT2D eigenvalue weighted by atomic mass is 10.2. The van der Waals surface area contributed by atoms with Crippen LogP contribution >= 0.6 is 0 Å². The number of hydrogen-bond donors (Lipinski definition) is 2. The molecule has 13 heavy (non-hydrogen) atoms. The Morgan fingerprint density at radius 3 is 2.46 bits per heavy atom. The van der Waals surface area contributed by atoms with Crippen LogP contribution in [0.4, 0.5) is 0 Å². The van der Waals surface area contributed by atoms with Gasteiger partial charge in [-0.05, 0) is 5.56 Å². The molecule has 0 aliphatic heterocycles. The largest absolute Gasteiger partial charge is 0.481 e. The summed E-state index contributed by atoms with van der Waals surface area (Å²) in [6, 6.07) is 9.62. The Bertz CT molecular complexity index is 280. The summed E-state index contributed by atoms with van der Waals surface area (Å²) in [6.07, 6.45) is 3.51. The second-order valence-corrected chi connectivity index (χ2v) is 2.41. The zero-order chi connectivity index (χ0) is 8.81. The Balaban J connectivity index is 0.00000144. The first-order valence-corrected chi connectivity index (χ1v) is 3.72. The Morgan fingerprint density at radius 2 is 1.92 bits per heavy atom. The highest BCUT2D eigenvalue weighted by Gasteiger charge is 1.88. The fourth-order valence-electron chi connectivity index (χ4n) is 0.860. The number of benzene rings is 1. The lowest BCUT2D eigenvalue weighted by molar-refractivity contribution is -0.135. The molecule has 0 aliphatic rings. The van der Waals surface area contributed by atoms with Crippen molar-refractivity contribution in [1.29, 1.82) is 0 Å². The van der Waals surface area contributed by atoms with Crippen molar-refractivity contribution < 1.29 is 9.90 Å². The number of rotatable bonds is 3. The van der Waals surface area contributed by atoms with Gasteiger partial charge in [-0.1, -0.05) is 42.5 Å². The molecule has 0 aliphatic carbocycles. The molecule has 0 fully saturated rings. The van der Waals surface area contributed by atoms with E-state index in [-0.39, 0.29) is 12.6 Å². The number of carboxylic acids is 1. The molecule has 0 atom stereocenters. The summed E-state index contributed by atoms with van der Waals surface area (Å²) >= 11 is 0. The third-order valence-electron chi connectivity index (χ3n) is 1.40. The molecule has 0 unspecified atom stereocenters. The van der Waals surface area contributed by atoms with Gasteiger partial charge in [-0.2, -0.15) is 0 Å². The fourth-order valence-corrected chi connectivity index (χ4v) is 0.860. The van der Waals surface area contributed by atoms with Crippen LogP contribution in [-0.4, -0.2) is 11.1 Å². The SMILES string of the molecule is N.O=C(O)CC=Cc1ccccc1. The van der Waals surface area contributed by atoms with Crippen molar-refractivity contribution in [1.82, 2.24) is 6.15 Å². The normalized spacial score (nSPS) is 9.54. The van der Waals surface area contributed by atoms with Gasteiger partial charge in [0.1, 0.15) is 0 Å². The van der Waals surface area contributed by atoms with Crippen LogP contribution in [0.2, 0.25) is 0 Å². The third kappa shape index (κ3) is 4.76. The summed E-state index contributed by atoms with van der Waals surface area (Å²) < 4.78 is 0. The topological polar surface area (TPSA) is 72.3 Å². The van der Waals surface area contributed by atoms with E-state index in [1.807, 2.05) is 30.3 Å². The zero-order valence-electron chi connectivity index (χ0n) is 7.31. The van der Waals surface area contributed by atoms with E-state index < -0.39 is 5.97 Å². The molecule has 0 aromatic heterocycles. The van der Waals surface area contributed by atoms with E-state index in [1.165, 1.54) is 0 Å². The summed E-state index contributed by atoms with van der Waals surface area (Å²) in [7, 11) is 0. The maximum absolute atomic E-state index is 10.1. The molecule has 3 heteroatoms. The first kappa shape index (κ1) is 11.4. The van der Waals surface area contributed by atoms with Gasteiger partial charge in [-0.15, -0.1) is 0 Å². The minimum Gasteiger partial charge on any atom is -0.481 e. The molecule has 0 radical (unpaired) electrons.